The lowest BCUT2D eigenvalue weighted by Crippen LogP contribution is -2.59. The largest absolute Gasteiger partial charge is 0.480 e. The molecule has 0 atom stereocenters. The molecule has 1 heterocycles. The maximum atomic E-state index is 12.3. The van der Waals surface area contributed by atoms with Gasteiger partial charge in [0.2, 0.25) is 0 Å². The number of aromatic nitrogens is 1. The van der Waals surface area contributed by atoms with Gasteiger partial charge in [0.05, 0.1) is 5.56 Å². The Bertz CT molecular complexity index is 536. The first-order chi connectivity index (χ1) is 9.24. The van der Waals surface area contributed by atoms with Crippen LogP contribution in [0.25, 0.3) is 0 Å². The summed E-state index contributed by atoms with van der Waals surface area (Å²) < 4.78 is 37.0. The highest BCUT2D eigenvalue weighted by Gasteiger charge is 2.46. The number of amides is 1. The second kappa shape index (κ2) is 4.77. The van der Waals surface area contributed by atoms with E-state index >= 15 is 0 Å². The number of hydrogen-bond acceptors (Lipinski definition) is 3. The monoisotopic (exact) mass is 288 g/mol. The van der Waals surface area contributed by atoms with Gasteiger partial charge in [-0.15, -0.1) is 0 Å². The Hall–Kier alpha value is -2.12. The molecule has 1 aliphatic carbocycles. The van der Waals surface area contributed by atoms with Crippen molar-refractivity contribution in [2.24, 2.45) is 0 Å². The van der Waals surface area contributed by atoms with Gasteiger partial charge in [-0.2, -0.15) is 13.2 Å². The minimum Gasteiger partial charge on any atom is -0.480 e. The fourth-order valence-corrected chi connectivity index (χ4v) is 1.90. The zero-order chi connectivity index (χ0) is 15.0. The number of nitrogens with one attached hydrogen (secondary N) is 1. The van der Waals surface area contributed by atoms with E-state index < -0.39 is 29.2 Å². The maximum absolute atomic E-state index is 12.3. The summed E-state index contributed by atoms with van der Waals surface area (Å²) in [5.41, 5.74) is -2.53. The molecule has 5 nitrogen and oxygen atoms in total. The number of halogens is 3. The van der Waals surface area contributed by atoms with Crippen LogP contribution in [-0.4, -0.2) is 27.5 Å². The number of hydrogen-bond donors (Lipinski definition) is 2. The van der Waals surface area contributed by atoms with Crippen LogP contribution in [0.3, 0.4) is 0 Å². The molecule has 0 aromatic carbocycles. The highest BCUT2D eigenvalue weighted by atomic mass is 19.4. The molecule has 1 amide bonds. The number of rotatable bonds is 3. The minimum absolute atomic E-state index is 0.245. The van der Waals surface area contributed by atoms with Crippen LogP contribution in [0, 0.1) is 0 Å². The van der Waals surface area contributed by atoms with E-state index in [-0.39, 0.29) is 5.69 Å². The van der Waals surface area contributed by atoms with Crippen molar-refractivity contribution in [3.8, 4) is 0 Å². The van der Waals surface area contributed by atoms with Crippen LogP contribution in [-0.2, 0) is 11.0 Å². The van der Waals surface area contributed by atoms with Crippen molar-refractivity contribution >= 4 is 11.9 Å². The van der Waals surface area contributed by atoms with Crippen molar-refractivity contribution in [1.29, 1.82) is 0 Å². The van der Waals surface area contributed by atoms with Crippen molar-refractivity contribution in [1.82, 2.24) is 10.3 Å². The molecule has 1 aromatic rings. The van der Waals surface area contributed by atoms with E-state index in [1.165, 1.54) is 0 Å². The molecule has 0 bridgehead atoms. The normalized spacial score (nSPS) is 17.1. The summed E-state index contributed by atoms with van der Waals surface area (Å²) in [6, 6.07) is 1.66. The lowest BCUT2D eigenvalue weighted by molar-refractivity contribution is -0.148. The van der Waals surface area contributed by atoms with Crippen LogP contribution in [0.4, 0.5) is 13.2 Å². The zero-order valence-corrected chi connectivity index (χ0v) is 10.2. The van der Waals surface area contributed by atoms with E-state index in [9.17, 15) is 22.8 Å². The molecule has 2 rings (SSSR count). The molecule has 0 unspecified atom stereocenters. The fraction of sp³-hybridized carbons (Fsp3) is 0.417. The summed E-state index contributed by atoms with van der Waals surface area (Å²) in [7, 11) is 0. The third-order valence-corrected chi connectivity index (χ3v) is 3.29. The van der Waals surface area contributed by atoms with Crippen LogP contribution >= 0.6 is 0 Å². The topological polar surface area (TPSA) is 79.3 Å². The summed E-state index contributed by atoms with van der Waals surface area (Å²) in [5, 5.41) is 11.4. The van der Waals surface area contributed by atoms with E-state index in [0.29, 0.717) is 25.5 Å². The molecule has 0 aliphatic heterocycles. The summed E-state index contributed by atoms with van der Waals surface area (Å²) in [4.78, 5) is 26.3. The van der Waals surface area contributed by atoms with Gasteiger partial charge in [0.25, 0.3) is 5.91 Å². The van der Waals surface area contributed by atoms with E-state index in [1.807, 2.05) is 0 Å². The van der Waals surface area contributed by atoms with Gasteiger partial charge < -0.3 is 10.4 Å². The standard InChI is InChI=1S/C12H11F3N2O3/c13-12(14,15)7-2-3-8(16-6-7)9(18)17-11(10(19)20)4-1-5-11/h2-3,6H,1,4-5H2,(H,17,18)(H,19,20). The number of pyridine rings is 1. The second-order valence-electron chi connectivity index (χ2n) is 4.62. The van der Waals surface area contributed by atoms with Crippen LogP contribution in [0.1, 0.15) is 35.3 Å². The van der Waals surface area contributed by atoms with Gasteiger partial charge in [0.15, 0.2) is 0 Å². The average Bonchev–Trinajstić information content (AvgIpc) is 2.32. The summed E-state index contributed by atoms with van der Waals surface area (Å²) in [6.07, 6.45) is -2.71. The average molecular weight is 288 g/mol. The van der Waals surface area contributed by atoms with E-state index in [4.69, 9.17) is 5.11 Å². The zero-order valence-electron chi connectivity index (χ0n) is 10.2. The van der Waals surface area contributed by atoms with E-state index in [2.05, 4.69) is 10.3 Å². The fourth-order valence-electron chi connectivity index (χ4n) is 1.90. The molecule has 20 heavy (non-hydrogen) atoms. The van der Waals surface area contributed by atoms with Crippen molar-refractivity contribution in [3.63, 3.8) is 0 Å². The molecule has 2 N–H and O–H groups in total. The lowest BCUT2D eigenvalue weighted by atomic mass is 9.76. The molecule has 1 fully saturated rings. The molecule has 0 radical (unpaired) electrons. The number of carbonyl (C=O) groups excluding carboxylic acids is 1. The predicted molar refractivity (Wildman–Crippen MR) is 60.9 cm³/mol. The molecule has 1 aromatic heterocycles. The molecule has 1 aliphatic rings. The Labute approximate surface area is 111 Å². The first kappa shape index (κ1) is 14.3. The third kappa shape index (κ3) is 2.59. The van der Waals surface area contributed by atoms with Crippen molar-refractivity contribution in [2.45, 2.75) is 31.0 Å². The van der Waals surface area contributed by atoms with Gasteiger partial charge in [-0.1, -0.05) is 0 Å². The lowest BCUT2D eigenvalue weighted by Gasteiger charge is -2.38. The molecular weight excluding hydrogens is 277 g/mol. The molecule has 0 saturated heterocycles. The van der Waals surface area contributed by atoms with Gasteiger partial charge in [0, 0.05) is 6.20 Å². The molecular formula is C12H11F3N2O3. The van der Waals surface area contributed by atoms with E-state index in [0.717, 1.165) is 12.1 Å². The third-order valence-electron chi connectivity index (χ3n) is 3.29. The minimum atomic E-state index is -4.53. The molecule has 1 saturated carbocycles. The summed E-state index contributed by atoms with van der Waals surface area (Å²) >= 11 is 0. The summed E-state index contributed by atoms with van der Waals surface area (Å²) in [5.74, 6) is -1.94. The number of nitrogens with zero attached hydrogens (tertiary/aromatic N) is 1. The SMILES string of the molecule is O=C(NC1(C(=O)O)CCC1)c1ccc(C(F)(F)F)cn1. The number of aliphatic carboxylic acids is 1. The predicted octanol–water partition coefficient (Wildman–Crippen LogP) is 1.84. The molecule has 108 valence electrons. The smallest absolute Gasteiger partial charge is 0.417 e. The van der Waals surface area contributed by atoms with Crippen molar-refractivity contribution < 1.29 is 27.9 Å². The van der Waals surface area contributed by atoms with Gasteiger partial charge in [-0.05, 0) is 31.4 Å². The number of carboxylic acids is 1. The van der Waals surface area contributed by atoms with Crippen LogP contribution < -0.4 is 5.32 Å². The number of carbonyl (C=O) groups is 2. The van der Waals surface area contributed by atoms with Gasteiger partial charge >= 0.3 is 12.1 Å². The van der Waals surface area contributed by atoms with Crippen molar-refractivity contribution in [2.75, 3.05) is 0 Å². The first-order valence-electron chi connectivity index (χ1n) is 5.84. The second-order valence-corrected chi connectivity index (χ2v) is 4.62. The summed E-state index contributed by atoms with van der Waals surface area (Å²) in [6.45, 7) is 0. The first-order valence-corrected chi connectivity index (χ1v) is 5.84. The Morgan fingerprint density at radius 1 is 1.30 bits per heavy atom. The highest BCUT2D eigenvalue weighted by molar-refractivity contribution is 5.96. The van der Waals surface area contributed by atoms with Crippen molar-refractivity contribution in [3.05, 3.63) is 29.6 Å². The molecule has 0 spiro atoms. The Morgan fingerprint density at radius 2 is 1.95 bits per heavy atom. The van der Waals surface area contributed by atoms with Gasteiger partial charge in [-0.25, -0.2) is 4.79 Å². The van der Waals surface area contributed by atoms with E-state index in [1.54, 1.807) is 0 Å². The Kier molecular flexibility index (Phi) is 3.41. The quantitative estimate of drug-likeness (QED) is 0.889. The van der Waals surface area contributed by atoms with Gasteiger partial charge in [-0.3, -0.25) is 9.78 Å². The Morgan fingerprint density at radius 3 is 2.30 bits per heavy atom. The van der Waals surface area contributed by atoms with Crippen LogP contribution in [0.2, 0.25) is 0 Å². The van der Waals surface area contributed by atoms with Crippen LogP contribution in [0.5, 0.6) is 0 Å². The van der Waals surface area contributed by atoms with Gasteiger partial charge in [0.1, 0.15) is 11.2 Å². The number of alkyl halides is 3. The Balaban J connectivity index is 2.12. The highest BCUT2D eigenvalue weighted by Crippen LogP contribution is 2.32. The van der Waals surface area contributed by atoms with Crippen LogP contribution in [0.15, 0.2) is 18.3 Å². The number of carboxylic acid groups (broad SMARTS) is 1. The maximum Gasteiger partial charge on any atom is 0.417 e. The molecule has 8 heteroatoms.